The fourth-order valence-corrected chi connectivity index (χ4v) is 7.05. The average molecular weight is 772 g/mol. The molecule has 0 radical (unpaired) electrons. The largest absolute Gasteiger partial charge is 0.472 e. The maximum absolute atomic E-state index is 12.6. The van der Waals surface area contributed by atoms with E-state index in [0.717, 1.165) is 44.9 Å². The summed E-state index contributed by atoms with van der Waals surface area (Å²) in [5.74, 6) is -0.338. The van der Waals surface area contributed by atoms with Crippen LogP contribution in [0.4, 0.5) is 0 Å². The Balaban J connectivity index is 4.00. The van der Waals surface area contributed by atoms with Crippen LogP contribution in [-0.4, -0.2) is 49.9 Å². The summed E-state index contributed by atoms with van der Waals surface area (Å²) in [5.41, 5.74) is 5.37. The van der Waals surface area contributed by atoms with Crippen LogP contribution in [0.2, 0.25) is 0 Å². The molecule has 0 bridgehead atoms. The molecular formula is C44H86NO7P. The molecule has 314 valence electrons. The molecule has 0 aliphatic carbocycles. The number of carbonyl (C=O) groups is 1. The van der Waals surface area contributed by atoms with Crippen molar-refractivity contribution in [1.82, 2.24) is 0 Å². The molecule has 9 heteroatoms. The highest BCUT2D eigenvalue weighted by atomic mass is 31.2. The predicted octanol–water partition coefficient (Wildman–Crippen LogP) is 13.3. The number of rotatable bonds is 43. The van der Waals surface area contributed by atoms with E-state index in [4.69, 9.17) is 24.3 Å². The van der Waals surface area contributed by atoms with Gasteiger partial charge < -0.3 is 20.1 Å². The van der Waals surface area contributed by atoms with Crippen molar-refractivity contribution in [1.29, 1.82) is 0 Å². The van der Waals surface area contributed by atoms with Gasteiger partial charge in [0.1, 0.15) is 6.10 Å². The quantitative estimate of drug-likeness (QED) is 0.0272. The zero-order valence-corrected chi connectivity index (χ0v) is 35.7. The Labute approximate surface area is 327 Å². The molecule has 8 nitrogen and oxygen atoms in total. The monoisotopic (exact) mass is 772 g/mol. The number of phosphoric acid groups is 1. The second kappa shape index (κ2) is 42.1. The summed E-state index contributed by atoms with van der Waals surface area (Å²) in [5, 5.41) is 0. The Morgan fingerprint density at radius 2 is 0.943 bits per heavy atom. The van der Waals surface area contributed by atoms with E-state index in [1.165, 1.54) is 148 Å². The lowest BCUT2D eigenvalue weighted by Gasteiger charge is -2.20. The Hall–Kier alpha value is -1.02. The van der Waals surface area contributed by atoms with Crippen molar-refractivity contribution in [3.05, 3.63) is 24.3 Å². The summed E-state index contributed by atoms with van der Waals surface area (Å²) in [6.45, 7) is 4.92. The molecule has 0 saturated heterocycles. The topological polar surface area (TPSA) is 117 Å². The lowest BCUT2D eigenvalue weighted by atomic mass is 10.1. The fourth-order valence-electron chi connectivity index (χ4n) is 6.28. The molecule has 0 saturated carbocycles. The molecule has 53 heavy (non-hydrogen) atoms. The highest BCUT2D eigenvalue weighted by molar-refractivity contribution is 7.47. The summed E-state index contributed by atoms with van der Waals surface area (Å²) >= 11 is 0. The van der Waals surface area contributed by atoms with Crippen molar-refractivity contribution in [2.45, 2.75) is 219 Å². The molecule has 2 atom stereocenters. The smallest absolute Gasteiger partial charge is 0.457 e. The number of hydrogen-bond acceptors (Lipinski definition) is 7. The highest BCUT2D eigenvalue weighted by Gasteiger charge is 2.25. The van der Waals surface area contributed by atoms with Crippen molar-refractivity contribution in [3.8, 4) is 0 Å². The number of ether oxygens (including phenoxy) is 2. The van der Waals surface area contributed by atoms with E-state index in [-0.39, 0.29) is 32.3 Å². The molecule has 0 aliphatic rings. The van der Waals surface area contributed by atoms with Crippen molar-refractivity contribution in [3.63, 3.8) is 0 Å². The van der Waals surface area contributed by atoms with Crippen LogP contribution in [0.5, 0.6) is 0 Å². The first kappa shape index (κ1) is 52.0. The van der Waals surface area contributed by atoms with Crippen LogP contribution in [0.3, 0.4) is 0 Å². The van der Waals surface area contributed by atoms with E-state index in [1.54, 1.807) is 0 Å². The van der Waals surface area contributed by atoms with Crippen LogP contribution in [0.25, 0.3) is 0 Å². The van der Waals surface area contributed by atoms with Crippen molar-refractivity contribution in [2.24, 2.45) is 5.73 Å². The summed E-state index contributed by atoms with van der Waals surface area (Å²) in [6.07, 6.45) is 46.2. The van der Waals surface area contributed by atoms with Crippen LogP contribution in [0.1, 0.15) is 213 Å². The van der Waals surface area contributed by atoms with Crippen LogP contribution >= 0.6 is 7.82 Å². The lowest BCUT2D eigenvalue weighted by molar-refractivity contribution is -0.154. The van der Waals surface area contributed by atoms with Crippen molar-refractivity contribution in [2.75, 3.05) is 33.0 Å². The molecule has 0 amide bonds. The van der Waals surface area contributed by atoms with Crippen LogP contribution in [-0.2, 0) is 27.9 Å². The molecule has 0 aromatic carbocycles. The first-order chi connectivity index (χ1) is 25.9. The standard InChI is InChI=1S/C44H86NO7P/c1-3-5-7-9-11-13-15-17-19-20-21-22-24-26-28-30-32-34-36-39-49-41-43(42-51-53(47,48)50-40-38-45)52-44(46)37-35-33-31-29-27-25-23-18-16-14-12-10-8-6-4-2/h18-20,23,43H,3-17,21-22,24-42,45H2,1-2H3,(H,47,48)/b20-19-,23-18-. The number of unbranched alkanes of at least 4 members (excludes halogenated alkanes) is 26. The first-order valence-electron chi connectivity index (χ1n) is 22.3. The van der Waals surface area contributed by atoms with Gasteiger partial charge >= 0.3 is 13.8 Å². The van der Waals surface area contributed by atoms with Gasteiger partial charge in [-0.2, -0.15) is 0 Å². The Kier molecular flexibility index (Phi) is 41.3. The number of nitrogens with two attached hydrogens (primary N) is 1. The summed E-state index contributed by atoms with van der Waals surface area (Å²) in [4.78, 5) is 22.5. The minimum absolute atomic E-state index is 0.0963. The first-order valence-corrected chi connectivity index (χ1v) is 23.8. The normalized spacial score (nSPS) is 13.7. The summed E-state index contributed by atoms with van der Waals surface area (Å²) < 4.78 is 33.4. The third-order valence-electron chi connectivity index (χ3n) is 9.59. The molecule has 0 heterocycles. The summed E-state index contributed by atoms with van der Waals surface area (Å²) in [7, 11) is -4.28. The van der Waals surface area contributed by atoms with Crippen LogP contribution in [0, 0.1) is 0 Å². The molecule has 0 rings (SSSR count). The molecule has 0 fully saturated rings. The Morgan fingerprint density at radius 1 is 0.547 bits per heavy atom. The van der Waals surface area contributed by atoms with Crippen LogP contribution in [0.15, 0.2) is 24.3 Å². The second-order valence-corrected chi connectivity index (χ2v) is 16.4. The number of allylic oxidation sites excluding steroid dienone is 4. The molecule has 0 aliphatic heterocycles. The van der Waals surface area contributed by atoms with Crippen molar-refractivity contribution >= 4 is 13.8 Å². The SMILES string of the molecule is CCCCCCCC/C=C\CCCCCCCC(=O)OC(COCCCCCCCCCC/C=C\CCCCCCCCC)COP(=O)(O)OCCN. The minimum Gasteiger partial charge on any atom is -0.457 e. The van der Waals surface area contributed by atoms with E-state index in [0.29, 0.717) is 13.0 Å². The van der Waals surface area contributed by atoms with Gasteiger partial charge in [-0.3, -0.25) is 13.8 Å². The number of phosphoric ester groups is 1. The van der Waals surface area contributed by atoms with E-state index >= 15 is 0 Å². The zero-order valence-electron chi connectivity index (χ0n) is 34.8. The third kappa shape index (κ3) is 42.0. The fraction of sp³-hybridized carbons (Fsp3) is 0.886. The number of carbonyl (C=O) groups excluding carboxylic acids is 1. The molecule has 2 unspecified atom stereocenters. The average Bonchev–Trinajstić information content (AvgIpc) is 3.15. The predicted molar refractivity (Wildman–Crippen MR) is 224 cm³/mol. The number of esters is 1. The van der Waals surface area contributed by atoms with Crippen LogP contribution < -0.4 is 5.73 Å². The molecule has 3 N–H and O–H groups in total. The lowest BCUT2D eigenvalue weighted by Crippen LogP contribution is -2.28. The van der Waals surface area contributed by atoms with Gasteiger partial charge in [-0.15, -0.1) is 0 Å². The minimum atomic E-state index is -4.28. The van der Waals surface area contributed by atoms with Gasteiger partial charge in [0.15, 0.2) is 0 Å². The molecular weight excluding hydrogens is 685 g/mol. The Bertz CT molecular complexity index is 869. The zero-order chi connectivity index (χ0) is 38.8. The highest BCUT2D eigenvalue weighted by Crippen LogP contribution is 2.43. The molecule has 0 aromatic heterocycles. The second-order valence-electron chi connectivity index (χ2n) is 14.9. The van der Waals surface area contributed by atoms with Gasteiger partial charge in [-0.05, 0) is 64.2 Å². The van der Waals surface area contributed by atoms with Gasteiger partial charge in [0, 0.05) is 19.6 Å². The Morgan fingerprint density at radius 3 is 1.38 bits per heavy atom. The maximum atomic E-state index is 12.6. The van der Waals surface area contributed by atoms with E-state index in [2.05, 4.69) is 38.2 Å². The van der Waals surface area contributed by atoms with Gasteiger partial charge in [-0.1, -0.05) is 167 Å². The van der Waals surface area contributed by atoms with Gasteiger partial charge in [-0.25, -0.2) is 4.57 Å². The van der Waals surface area contributed by atoms with Gasteiger partial charge in [0.05, 0.1) is 19.8 Å². The molecule has 0 spiro atoms. The van der Waals surface area contributed by atoms with Gasteiger partial charge in [0.2, 0.25) is 0 Å². The van der Waals surface area contributed by atoms with E-state index in [1.807, 2.05) is 0 Å². The molecule has 0 aromatic rings. The van der Waals surface area contributed by atoms with E-state index < -0.39 is 13.9 Å². The van der Waals surface area contributed by atoms with Gasteiger partial charge in [0.25, 0.3) is 0 Å². The summed E-state index contributed by atoms with van der Waals surface area (Å²) in [6, 6.07) is 0. The number of hydrogen-bond donors (Lipinski definition) is 2. The maximum Gasteiger partial charge on any atom is 0.472 e. The third-order valence-corrected chi connectivity index (χ3v) is 10.6. The van der Waals surface area contributed by atoms with E-state index in [9.17, 15) is 14.3 Å². The van der Waals surface area contributed by atoms with Crippen molar-refractivity contribution < 1.29 is 32.8 Å².